The minimum atomic E-state index is -1.63. The second-order valence-electron chi connectivity index (χ2n) is 11.7. The molecule has 1 aromatic carbocycles. The number of hydrogen-bond donors (Lipinski definition) is 0. The van der Waals surface area contributed by atoms with Gasteiger partial charge in [-0.2, -0.15) is 0 Å². The lowest BCUT2D eigenvalue weighted by Gasteiger charge is -2.22. The van der Waals surface area contributed by atoms with Crippen LogP contribution < -0.4 is 0 Å². The first-order chi connectivity index (χ1) is 16.7. The number of halogens is 1. The van der Waals surface area contributed by atoms with E-state index >= 15 is 0 Å². The lowest BCUT2D eigenvalue weighted by atomic mass is 9.73. The molecule has 2 aliphatic rings. The monoisotopic (exact) mass is 484 g/mol. The van der Waals surface area contributed by atoms with Crippen molar-refractivity contribution in [3.05, 3.63) is 47.0 Å². The highest BCUT2D eigenvalue weighted by molar-refractivity contribution is 6.25. The van der Waals surface area contributed by atoms with E-state index in [1.54, 1.807) is 24.3 Å². The van der Waals surface area contributed by atoms with Crippen molar-refractivity contribution in [1.82, 2.24) is 0 Å². The number of fused-ring (bicyclic) bond motifs is 2. The lowest BCUT2D eigenvalue weighted by Crippen LogP contribution is -2.46. The van der Waals surface area contributed by atoms with Crippen LogP contribution in [0.5, 0.6) is 0 Å². The number of alkyl halides is 1. The number of carbonyl (C=O) groups excluding carboxylic acids is 2. The Hall–Kier alpha value is -1.81. The largest absolute Gasteiger partial charge is 0.342 e. The van der Waals surface area contributed by atoms with E-state index in [1.807, 2.05) is 6.08 Å². The molecule has 3 nitrogen and oxygen atoms in total. The predicted molar refractivity (Wildman–Crippen MR) is 141 cm³/mol. The van der Waals surface area contributed by atoms with Crippen LogP contribution in [-0.4, -0.2) is 29.4 Å². The summed E-state index contributed by atoms with van der Waals surface area (Å²) in [5, 5.41) is 0. The first-order valence-corrected chi connectivity index (χ1v) is 13.8. The van der Waals surface area contributed by atoms with E-state index < -0.39 is 23.7 Å². The quantitative estimate of drug-likeness (QED) is 0.186. The third-order valence-electron chi connectivity index (χ3n) is 8.18. The molecule has 0 bridgehead atoms. The van der Waals surface area contributed by atoms with Gasteiger partial charge in [0.25, 0.3) is 0 Å². The molecule has 4 atom stereocenters. The Morgan fingerprint density at radius 1 is 0.857 bits per heavy atom. The van der Waals surface area contributed by atoms with E-state index in [0.29, 0.717) is 11.5 Å². The minimum absolute atomic E-state index is 0.256. The molecule has 4 heteroatoms. The summed E-state index contributed by atoms with van der Waals surface area (Å²) < 4.78 is 19.7. The highest BCUT2D eigenvalue weighted by Gasteiger charge is 2.80. The first kappa shape index (κ1) is 27.8. The summed E-state index contributed by atoms with van der Waals surface area (Å²) >= 11 is 0. The van der Waals surface area contributed by atoms with Crippen LogP contribution in [0.2, 0.25) is 0 Å². The molecule has 4 unspecified atom stereocenters. The van der Waals surface area contributed by atoms with Crippen LogP contribution >= 0.6 is 0 Å². The van der Waals surface area contributed by atoms with Gasteiger partial charge in [0.1, 0.15) is 6.67 Å². The Morgan fingerprint density at radius 2 is 1.37 bits per heavy atom. The van der Waals surface area contributed by atoms with Gasteiger partial charge in [0.05, 0.1) is 0 Å². The number of rotatable bonds is 15. The molecule has 0 spiro atoms. The van der Waals surface area contributed by atoms with Gasteiger partial charge in [-0.05, 0) is 37.5 Å². The molecule has 1 heterocycles. The van der Waals surface area contributed by atoms with E-state index in [1.165, 1.54) is 50.5 Å². The molecule has 0 aromatic heterocycles. The van der Waals surface area contributed by atoms with Crippen LogP contribution in [0.25, 0.3) is 0 Å². The zero-order valence-corrected chi connectivity index (χ0v) is 22.5. The van der Waals surface area contributed by atoms with Gasteiger partial charge in [0, 0.05) is 17.5 Å². The fourth-order valence-electron chi connectivity index (χ4n) is 5.67. The van der Waals surface area contributed by atoms with E-state index in [4.69, 9.17) is 4.74 Å². The van der Waals surface area contributed by atoms with E-state index in [2.05, 4.69) is 34.6 Å². The minimum Gasteiger partial charge on any atom is -0.342 e. The van der Waals surface area contributed by atoms with Crippen molar-refractivity contribution in [1.29, 1.82) is 0 Å². The summed E-state index contributed by atoms with van der Waals surface area (Å²) in [6.07, 6.45) is 13.4. The third-order valence-corrected chi connectivity index (χ3v) is 8.18. The summed E-state index contributed by atoms with van der Waals surface area (Å²) in [5.74, 6) is 1.69. The molecule has 1 fully saturated rings. The molecule has 0 amide bonds. The van der Waals surface area contributed by atoms with Crippen molar-refractivity contribution in [2.24, 2.45) is 17.8 Å². The maximum absolute atomic E-state index is 14.0. The fourth-order valence-corrected chi connectivity index (χ4v) is 5.67. The van der Waals surface area contributed by atoms with E-state index in [0.717, 1.165) is 24.7 Å². The Kier molecular flexibility index (Phi) is 9.48. The topological polar surface area (TPSA) is 46.7 Å². The van der Waals surface area contributed by atoms with Crippen LogP contribution in [0.4, 0.5) is 4.39 Å². The Morgan fingerprint density at radius 3 is 1.91 bits per heavy atom. The summed E-state index contributed by atoms with van der Waals surface area (Å²) in [7, 11) is 0. The number of benzene rings is 1. The van der Waals surface area contributed by atoms with Crippen LogP contribution in [0.1, 0.15) is 120 Å². The number of ether oxygens (including phenoxy) is 1. The highest BCUT2D eigenvalue weighted by atomic mass is 19.1. The Balaban J connectivity index is 1.42. The number of epoxide rings is 1. The van der Waals surface area contributed by atoms with Gasteiger partial charge in [-0.25, -0.2) is 4.39 Å². The van der Waals surface area contributed by atoms with Crippen LogP contribution in [0.3, 0.4) is 0 Å². The van der Waals surface area contributed by atoms with Crippen LogP contribution in [0.15, 0.2) is 35.9 Å². The van der Waals surface area contributed by atoms with Crippen molar-refractivity contribution in [2.75, 3.05) is 6.67 Å². The molecular formula is C31H45FO3. The number of allylic oxidation sites excluding steroid dienone is 1. The number of ketones is 2. The molecule has 194 valence electrons. The second-order valence-corrected chi connectivity index (χ2v) is 11.7. The van der Waals surface area contributed by atoms with Gasteiger partial charge in [0.2, 0.25) is 5.78 Å². The first-order valence-electron chi connectivity index (χ1n) is 13.8. The summed E-state index contributed by atoms with van der Waals surface area (Å²) in [6.45, 7) is 10.4. The average Bonchev–Trinajstić information content (AvgIpc) is 3.52. The molecule has 1 aliphatic carbocycles. The molecular weight excluding hydrogens is 439 g/mol. The zero-order chi connectivity index (χ0) is 25.6. The highest BCUT2D eigenvalue weighted by Crippen LogP contribution is 2.58. The van der Waals surface area contributed by atoms with Crippen molar-refractivity contribution in [3.63, 3.8) is 0 Å². The SMILES string of the molecule is CC(=CCC12OC1(CF)C(=O)c1ccccc1C2=O)CCCC(C)CCCC(C)CCCC(C)C. The zero-order valence-electron chi connectivity index (χ0n) is 22.5. The molecule has 0 saturated carbocycles. The fraction of sp³-hybridized carbons (Fsp3) is 0.677. The standard InChI is InChI=1S/C31H45FO3/c1-22(2)11-8-12-23(3)13-9-14-24(4)15-10-16-25(5)19-20-30-28(33)26-17-6-7-18-27(26)29(34)31(30,21-32)35-30/h6-7,17-19,22-24H,8-16,20-21H2,1-5H3. The van der Waals surface area contributed by atoms with E-state index in [9.17, 15) is 14.0 Å². The number of hydrogen-bond acceptors (Lipinski definition) is 3. The summed E-state index contributed by atoms with van der Waals surface area (Å²) in [6, 6.07) is 6.67. The molecule has 0 N–H and O–H groups in total. The van der Waals surface area contributed by atoms with Gasteiger partial charge >= 0.3 is 0 Å². The van der Waals surface area contributed by atoms with Crippen LogP contribution in [0, 0.1) is 17.8 Å². The predicted octanol–water partition coefficient (Wildman–Crippen LogP) is 8.32. The smallest absolute Gasteiger partial charge is 0.201 e. The van der Waals surface area contributed by atoms with Gasteiger partial charge in [-0.1, -0.05) is 109 Å². The number of Topliss-reactive ketones (excluding diaryl/α,β-unsaturated/α-hetero) is 2. The molecule has 1 aromatic rings. The van der Waals surface area contributed by atoms with Crippen molar-refractivity contribution < 1.29 is 18.7 Å². The van der Waals surface area contributed by atoms with Gasteiger partial charge in [0.15, 0.2) is 17.0 Å². The molecule has 1 saturated heterocycles. The Bertz CT molecular complexity index is 920. The van der Waals surface area contributed by atoms with Crippen molar-refractivity contribution in [3.8, 4) is 0 Å². The van der Waals surface area contributed by atoms with Crippen molar-refractivity contribution >= 4 is 11.6 Å². The van der Waals surface area contributed by atoms with E-state index in [-0.39, 0.29) is 17.8 Å². The van der Waals surface area contributed by atoms with Gasteiger partial charge in [-0.3, -0.25) is 9.59 Å². The summed E-state index contributed by atoms with van der Waals surface area (Å²) in [5.41, 5.74) is -1.19. The maximum Gasteiger partial charge on any atom is 0.201 e. The molecule has 35 heavy (non-hydrogen) atoms. The van der Waals surface area contributed by atoms with Crippen LogP contribution in [-0.2, 0) is 4.74 Å². The lowest BCUT2D eigenvalue weighted by molar-refractivity contribution is 0.0821. The van der Waals surface area contributed by atoms with Gasteiger partial charge in [-0.15, -0.1) is 0 Å². The van der Waals surface area contributed by atoms with Gasteiger partial charge < -0.3 is 4.74 Å². The maximum atomic E-state index is 14.0. The number of carbonyl (C=O) groups is 2. The summed E-state index contributed by atoms with van der Waals surface area (Å²) in [4.78, 5) is 26.1. The molecule has 3 rings (SSSR count). The Labute approximate surface area is 211 Å². The molecule has 0 radical (unpaired) electrons. The third kappa shape index (κ3) is 6.13. The average molecular weight is 485 g/mol. The second kappa shape index (κ2) is 12.0. The molecule has 1 aliphatic heterocycles. The normalized spacial score (nSPS) is 25.4. The van der Waals surface area contributed by atoms with Crippen molar-refractivity contribution in [2.45, 2.75) is 110 Å².